The Bertz CT molecular complexity index is 237. The van der Waals surface area contributed by atoms with E-state index in [0.29, 0.717) is 5.92 Å². The second kappa shape index (κ2) is 6.32. The molecule has 1 aromatic heterocycles. The Labute approximate surface area is 85.0 Å². The fourth-order valence-corrected chi connectivity index (χ4v) is 1.18. The minimum atomic E-state index is 0.613. The summed E-state index contributed by atoms with van der Waals surface area (Å²) in [5, 5.41) is 3.23. The number of nitrogens with zero attached hydrogens (tertiary/aromatic N) is 2. The molecule has 4 nitrogen and oxygen atoms in total. The van der Waals surface area contributed by atoms with Crippen LogP contribution in [0, 0.1) is 5.92 Å². The van der Waals surface area contributed by atoms with Gasteiger partial charge in [-0.2, -0.15) is 0 Å². The second-order valence-corrected chi connectivity index (χ2v) is 3.50. The Morgan fingerprint density at radius 3 is 3.07 bits per heavy atom. The molecular weight excluding hydrogens is 176 g/mol. The van der Waals surface area contributed by atoms with Crippen LogP contribution in [0.4, 0.5) is 5.82 Å². The molecule has 0 aliphatic heterocycles. The van der Waals surface area contributed by atoms with Crippen LogP contribution in [-0.2, 0) is 0 Å². The van der Waals surface area contributed by atoms with Crippen molar-refractivity contribution < 1.29 is 0 Å². The van der Waals surface area contributed by atoms with Crippen molar-refractivity contribution in [3.05, 3.63) is 18.6 Å². The van der Waals surface area contributed by atoms with Crippen molar-refractivity contribution in [3.63, 3.8) is 0 Å². The molecule has 0 fully saturated rings. The largest absolute Gasteiger partial charge is 0.370 e. The van der Waals surface area contributed by atoms with Crippen molar-refractivity contribution in [2.45, 2.75) is 19.8 Å². The fraction of sp³-hybridized carbons (Fsp3) is 0.600. The van der Waals surface area contributed by atoms with E-state index in [-0.39, 0.29) is 0 Å². The molecule has 0 radical (unpaired) electrons. The first-order chi connectivity index (χ1) is 6.83. The van der Waals surface area contributed by atoms with Gasteiger partial charge in [0.25, 0.3) is 0 Å². The molecule has 0 spiro atoms. The number of rotatable bonds is 6. The summed E-state index contributed by atoms with van der Waals surface area (Å²) in [6, 6.07) is 1.87. The molecule has 1 unspecified atom stereocenters. The third kappa shape index (κ3) is 4.18. The van der Waals surface area contributed by atoms with Crippen molar-refractivity contribution in [1.82, 2.24) is 9.97 Å². The van der Waals surface area contributed by atoms with Gasteiger partial charge in [0.15, 0.2) is 0 Å². The monoisotopic (exact) mass is 194 g/mol. The van der Waals surface area contributed by atoms with E-state index in [1.165, 1.54) is 0 Å². The summed E-state index contributed by atoms with van der Waals surface area (Å²) in [6.45, 7) is 3.89. The normalized spacial score (nSPS) is 12.4. The Balaban J connectivity index is 2.10. The zero-order valence-electron chi connectivity index (χ0n) is 8.61. The van der Waals surface area contributed by atoms with E-state index >= 15 is 0 Å². The zero-order valence-corrected chi connectivity index (χ0v) is 8.61. The van der Waals surface area contributed by atoms with Crippen LogP contribution in [0.5, 0.6) is 0 Å². The van der Waals surface area contributed by atoms with Crippen LogP contribution in [-0.4, -0.2) is 23.1 Å². The smallest absolute Gasteiger partial charge is 0.129 e. The fourth-order valence-electron chi connectivity index (χ4n) is 1.18. The molecule has 1 atom stereocenters. The first-order valence-electron chi connectivity index (χ1n) is 5.03. The van der Waals surface area contributed by atoms with Crippen molar-refractivity contribution in [2.24, 2.45) is 11.7 Å². The lowest BCUT2D eigenvalue weighted by molar-refractivity contribution is 0.529. The number of nitrogens with one attached hydrogen (secondary N) is 1. The van der Waals surface area contributed by atoms with Gasteiger partial charge in [-0.1, -0.05) is 6.92 Å². The predicted molar refractivity (Wildman–Crippen MR) is 58.0 cm³/mol. The van der Waals surface area contributed by atoms with Gasteiger partial charge in [0, 0.05) is 12.7 Å². The highest BCUT2D eigenvalue weighted by molar-refractivity contribution is 5.30. The summed E-state index contributed by atoms with van der Waals surface area (Å²) in [4.78, 5) is 7.92. The minimum Gasteiger partial charge on any atom is -0.370 e. The summed E-state index contributed by atoms with van der Waals surface area (Å²) in [7, 11) is 0. The molecule has 1 heterocycles. The van der Waals surface area contributed by atoms with Gasteiger partial charge >= 0.3 is 0 Å². The van der Waals surface area contributed by atoms with E-state index in [2.05, 4.69) is 22.2 Å². The van der Waals surface area contributed by atoms with Gasteiger partial charge in [0.1, 0.15) is 12.1 Å². The number of hydrogen-bond donors (Lipinski definition) is 2. The Hall–Kier alpha value is -1.16. The maximum atomic E-state index is 5.52. The van der Waals surface area contributed by atoms with Gasteiger partial charge in [0.2, 0.25) is 0 Å². The molecule has 0 saturated carbocycles. The van der Waals surface area contributed by atoms with E-state index < -0.39 is 0 Å². The van der Waals surface area contributed by atoms with Crippen molar-refractivity contribution >= 4 is 5.82 Å². The van der Waals surface area contributed by atoms with Crippen LogP contribution in [0.2, 0.25) is 0 Å². The molecule has 4 heteroatoms. The maximum absolute atomic E-state index is 5.52. The van der Waals surface area contributed by atoms with Gasteiger partial charge in [-0.05, 0) is 31.4 Å². The zero-order chi connectivity index (χ0) is 10.2. The Morgan fingerprint density at radius 2 is 2.43 bits per heavy atom. The molecule has 14 heavy (non-hydrogen) atoms. The standard InChI is InChI=1S/C10H18N4/c1-9(7-11)3-2-5-13-10-4-6-12-8-14-10/h4,6,8-9H,2-3,5,7,11H2,1H3,(H,12,13,14). The van der Waals surface area contributed by atoms with Crippen LogP contribution in [0.15, 0.2) is 18.6 Å². The highest BCUT2D eigenvalue weighted by atomic mass is 15.0. The van der Waals surface area contributed by atoms with E-state index in [0.717, 1.165) is 31.7 Å². The van der Waals surface area contributed by atoms with Crippen LogP contribution >= 0.6 is 0 Å². The number of aromatic nitrogens is 2. The quantitative estimate of drug-likeness (QED) is 0.669. The average Bonchev–Trinajstić information content (AvgIpc) is 2.25. The van der Waals surface area contributed by atoms with Gasteiger partial charge in [-0.25, -0.2) is 9.97 Å². The van der Waals surface area contributed by atoms with E-state index in [4.69, 9.17) is 5.73 Å². The van der Waals surface area contributed by atoms with Crippen LogP contribution in [0.3, 0.4) is 0 Å². The summed E-state index contributed by atoms with van der Waals surface area (Å²) in [5.74, 6) is 1.50. The second-order valence-electron chi connectivity index (χ2n) is 3.50. The topological polar surface area (TPSA) is 63.8 Å². The summed E-state index contributed by atoms with van der Waals surface area (Å²) in [5.41, 5.74) is 5.52. The lowest BCUT2D eigenvalue weighted by atomic mass is 10.1. The first kappa shape index (κ1) is 10.9. The van der Waals surface area contributed by atoms with Crippen molar-refractivity contribution in [2.75, 3.05) is 18.4 Å². The van der Waals surface area contributed by atoms with Crippen LogP contribution in [0.25, 0.3) is 0 Å². The molecular formula is C10H18N4. The van der Waals surface area contributed by atoms with Gasteiger partial charge in [-0.15, -0.1) is 0 Å². The predicted octanol–water partition coefficient (Wildman–Crippen LogP) is 1.26. The maximum Gasteiger partial charge on any atom is 0.129 e. The SMILES string of the molecule is CC(CN)CCCNc1ccncn1. The number of nitrogens with two attached hydrogens (primary N) is 1. The lowest BCUT2D eigenvalue weighted by Crippen LogP contribution is -2.12. The van der Waals surface area contributed by atoms with E-state index in [1.54, 1.807) is 12.5 Å². The highest BCUT2D eigenvalue weighted by Gasteiger charge is 1.98. The molecule has 0 aliphatic carbocycles. The van der Waals surface area contributed by atoms with Gasteiger partial charge in [-0.3, -0.25) is 0 Å². The summed E-state index contributed by atoms with van der Waals surface area (Å²) < 4.78 is 0. The Kier molecular flexibility index (Phi) is 4.93. The summed E-state index contributed by atoms with van der Waals surface area (Å²) >= 11 is 0. The molecule has 0 saturated heterocycles. The van der Waals surface area contributed by atoms with Gasteiger partial charge in [0.05, 0.1) is 0 Å². The number of anilines is 1. The van der Waals surface area contributed by atoms with E-state index in [1.807, 2.05) is 6.07 Å². The molecule has 0 bridgehead atoms. The third-order valence-corrected chi connectivity index (χ3v) is 2.16. The molecule has 3 N–H and O–H groups in total. The molecule has 1 rings (SSSR count). The Morgan fingerprint density at radius 1 is 1.57 bits per heavy atom. The van der Waals surface area contributed by atoms with E-state index in [9.17, 15) is 0 Å². The molecule has 1 aromatic rings. The molecule has 0 aromatic carbocycles. The van der Waals surface area contributed by atoms with Gasteiger partial charge < -0.3 is 11.1 Å². The van der Waals surface area contributed by atoms with Crippen molar-refractivity contribution in [1.29, 1.82) is 0 Å². The van der Waals surface area contributed by atoms with Crippen molar-refractivity contribution in [3.8, 4) is 0 Å². The third-order valence-electron chi connectivity index (χ3n) is 2.16. The average molecular weight is 194 g/mol. The number of hydrogen-bond acceptors (Lipinski definition) is 4. The molecule has 0 aliphatic rings. The minimum absolute atomic E-state index is 0.613. The van der Waals surface area contributed by atoms with Crippen LogP contribution in [0.1, 0.15) is 19.8 Å². The first-order valence-corrected chi connectivity index (χ1v) is 5.03. The lowest BCUT2D eigenvalue weighted by Gasteiger charge is -2.08. The molecule has 0 amide bonds. The molecule has 78 valence electrons. The summed E-state index contributed by atoms with van der Waals surface area (Å²) in [6.07, 6.45) is 5.57. The highest BCUT2D eigenvalue weighted by Crippen LogP contribution is 2.04. The van der Waals surface area contributed by atoms with Crippen LogP contribution < -0.4 is 11.1 Å².